The molecule has 0 bridgehead atoms. The Hall–Kier alpha value is -1.44. The molecule has 1 aromatic carbocycles. The van der Waals surface area contributed by atoms with Gasteiger partial charge in [-0.1, -0.05) is 0 Å². The van der Waals surface area contributed by atoms with Gasteiger partial charge in [-0.05, 0) is 18.2 Å². The topological polar surface area (TPSA) is 74.3 Å². The summed E-state index contributed by atoms with van der Waals surface area (Å²) in [5.74, 6) is -0.503. The number of fused-ring (bicyclic) bond motifs is 1. The number of hydrogen-bond acceptors (Lipinski definition) is 3. The van der Waals surface area contributed by atoms with Crippen LogP contribution in [-0.2, 0) is 21.3 Å². The average Bonchev–Trinajstić information content (AvgIpc) is 2.64. The number of primary sulfonamides is 1. The summed E-state index contributed by atoms with van der Waals surface area (Å²) in [5, 5.41) is 5.41. The fraction of sp³-hybridized carbons (Fsp3) is 0.273. The number of methoxy groups -OCH3 is 1. The van der Waals surface area contributed by atoms with Gasteiger partial charge in [-0.25, -0.2) is 17.9 Å². The number of aromatic nitrogens is 1. The molecule has 98 valence electrons. The Bertz CT molecular complexity index is 679. The van der Waals surface area contributed by atoms with Crippen LogP contribution in [-0.4, -0.2) is 26.7 Å². The van der Waals surface area contributed by atoms with E-state index < -0.39 is 15.8 Å². The highest BCUT2D eigenvalue weighted by molar-refractivity contribution is 7.89. The summed E-state index contributed by atoms with van der Waals surface area (Å²) < 4.78 is 42.7. The zero-order chi connectivity index (χ0) is 13.3. The van der Waals surface area contributed by atoms with Crippen LogP contribution in [0.1, 0.15) is 0 Å². The minimum Gasteiger partial charge on any atom is -0.383 e. The lowest BCUT2D eigenvalue weighted by Gasteiger charge is -2.03. The van der Waals surface area contributed by atoms with E-state index in [1.807, 2.05) is 0 Å². The van der Waals surface area contributed by atoms with E-state index >= 15 is 0 Å². The lowest BCUT2D eigenvalue weighted by atomic mass is 10.2. The highest BCUT2D eigenvalue weighted by atomic mass is 32.2. The van der Waals surface area contributed by atoms with Gasteiger partial charge in [0.1, 0.15) is 10.7 Å². The first-order chi connectivity index (χ1) is 8.43. The Morgan fingerprint density at radius 3 is 2.78 bits per heavy atom. The summed E-state index contributed by atoms with van der Waals surface area (Å²) in [6, 6.07) is 3.96. The molecule has 1 heterocycles. The van der Waals surface area contributed by atoms with Crippen molar-refractivity contribution in [1.82, 2.24) is 4.57 Å². The van der Waals surface area contributed by atoms with Crippen molar-refractivity contribution in [2.75, 3.05) is 13.7 Å². The van der Waals surface area contributed by atoms with Crippen molar-refractivity contribution in [3.63, 3.8) is 0 Å². The minimum absolute atomic E-state index is 0.0758. The predicted octanol–water partition coefficient (Wildman–Crippen LogP) is 1.07. The summed E-state index contributed by atoms with van der Waals surface area (Å²) in [5.41, 5.74) is 0.609. The third-order valence-electron chi connectivity index (χ3n) is 2.65. The van der Waals surface area contributed by atoms with Crippen molar-refractivity contribution < 1.29 is 17.5 Å². The number of hydrogen-bond donors (Lipinski definition) is 1. The van der Waals surface area contributed by atoms with Gasteiger partial charge in [-0.2, -0.15) is 0 Å². The van der Waals surface area contributed by atoms with Crippen LogP contribution in [0.15, 0.2) is 29.3 Å². The molecule has 2 aromatic rings. The van der Waals surface area contributed by atoms with Gasteiger partial charge in [0, 0.05) is 30.8 Å². The van der Waals surface area contributed by atoms with Crippen LogP contribution < -0.4 is 5.14 Å². The molecule has 0 amide bonds. The summed E-state index contributed by atoms with van der Waals surface area (Å²) in [6.07, 6.45) is 1.40. The zero-order valence-electron chi connectivity index (χ0n) is 9.76. The number of nitrogens with two attached hydrogens (primary N) is 1. The van der Waals surface area contributed by atoms with E-state index in [0.29, 0.717) is 18.7 Å². The van der Waals surface area contributed by atoms with E-state index in [2.05, 4.69) is 0 Å². The summed E-state index contributed by atoms with van der Waals surface area (Å²) in [4.78, 5) is -0.0758. The number of nitrogens with zero attached hydrogens (tertiary/aromatic N) is 1. The normalized spacial score (nSPS) is 12.2. The maximum Gasteiger partial charge on any atom is 0.240 e. The number of ether oxygens (including phenoxy) is 1. The molecule has 0 unspecified atom stereocenters. The molecule has 7 heteroatoms. The molecular formula is C11H13FN2O3S. The summed E-state index contributed by atoms with van der Waals surface area (Å²) >= 11 is 0. The van der Waals surface area contributed by atoms with Crippen LogP contribution in [0.4, 0.5) is 4.39 Å². The van der Waals surface area contributed by atoms with Crippen molar-refractivity contribution in [3.05, 3.63) is 30.2 Å². The van der Waals surface area contributed by atoms with Crippen molar-refractivity contribution in [3.8, 4) is 0 Å². The first kappa shape index (κ1) is 13.0. The molecule has 0 spiro atoms. The highest BCUT2D eigenvalue weighted by Gasteiger charge is 2.17. The Morgan fingerprint density at radius 2 is 2.17 bits per heavy atom. The van der Waals surface area contributed by atoms with E-state index in [-0.39, 0.29) is 10.3 Å². The number of benzene rings is 1. The van der Waals surface area contributed by atoms with Gasteiger partial charge in [0.15, 0.2) is 0 Å². The van der Waals surface area contributed by atoms with Gasteiger partial charge in [0.25, 0.3) is 0 Å². The van der Waals surface area contributed by atoms with E-state index in [9.17, 15) is 12.8 Å². The fourth-order valence-corrected chi connectivity index (χ4v) is 2.58. The molecule has 2 rings (SSSR count). The Labute approximate surface area is 104 Å². The molecule has 0 aliphatic heterocycles. The maximum atomic E-state index is 13.2. The standard InChI is InChI=1S/C11H13FN2O3S/c1-17-5-4-14-7-11(18(13,15)16)9-6-8(12)2-3-10(9)14/h2-3,6-7H,4-5H2,1H3,(H2,13,15,16). The lowest BCUT2D eigenvalue weighted by molar-refractivity contribution is 0.188. The average molecular weight is 272 g/mol. The predicted molar refractivity (Wildman–Crippen MR) is 65.1 cm³/mol. The van der Waals surface area contributed by atoms with Crippen molar-refractivity contribution in [2.24, 2.45) is 5.14 Å². The Kier molecular flexibility index (Phi) is 3.38. The quantitative estimate of drug-likeness (QED) is 0.904. The fourth-order valence-electron chi connectivity index (χ4n) is 1.84. The van der Waals surface area contributed by atoms with Gasteiger partial charge in [0.2, 0.25) is 10.0 Å². The number of halogens is 1. The van der Waals surface area contributed by atoms with Crippen LogP contribution in [0.2, 0.25) is 0 Å². The second kappa shape index (κ2) is 4.68. The van der Waals surface area contributed by atoms with Gasteiger partial charge < -0.3 is 9.30 Å². The largest absolute Gasteiger partial charge is 0.383 e. The minimum atomic E-state index is -3.88. The molecule has 5 nitrogen and oxygen atoms in total. The lowest BCUT2D eigenvalue weighted by Crippen LogP contribution is -2.11. The van der Waals surface area contributed by atoms with Gasteiger partial charge in [-0.3, -0.25) is 0 Å². The molecular weight excluding hydrogens is 259 g/mol. The molecule has 0 saturated heterocycles. The molecule has 18 heavy (non-hydrogen) atoms. The van der Waals surface area contributed by atoms with Crippen LogP contribution in [0.5, 0.6) is 0 Å². The van der Waals surface area contributed by atoms with Crippen molar-refractivity contribution in [2.45, 2.75) is 11.4 Å². The first-order valence-corrected chi connectivity index (χ1v) is 6.78. The summed E-state index contributed by atoms with van der Waals surface area (Å²) in [6.45, 7) is 0.888. The van der Waals surface area contributed by atoms with Gasteiger partial charge >= 0.3 is 0 Å². The SMILES string of the molecule is COCCn1cc(S(N)(=O)=O)c2cc(F)ccc21. The molecule has 0 aliphatic rings. The smallest absolute Gasteiger partial charge is 0.240 e. The molecule has 2 N–H and O–H groups in total. The van der Waals surface area contributed by atoms with E-state index in [1.165, 1.54) is 24.4 Å². The maximum absolute atomic E-state index is 13.2. The van der Waals surface area contributed by atoms with Crippen molar-refractivity contribution >= 4 is 20.9 Å². The molecule has 0 atom stereocenters. The summed E-state index contributed by atoms with van der Waals surface area (Å²) in [7, 11) is -2.33. The first-order valence-electron chi connectivity index (χ1n) is 5.23. The third kappa shape index (κ3) is 2.38. The second-order valence-corrected chi connectivity index (χ2v) is 5.42. The van der Waals surface area contributed by atoms with Crippen LogP contribution in [0.3, 0.4) is 0 Å². The van der Waals surface area contributed by atoms with Crippen molar-refractivity contribution in [1.29, 1.82) is 0 Å². The second-order valence-electron chi connectivity index (χ2n) is 3.89. The van der Waals surface area contributed by atoms with Crippen LogP contribution in [0, 0.1) is 5.82 Å². The van der Waals surface area contributed by atoms with Crippen LogP contribution in [0.25, 0.3) is 10.9 Å². The van der Waals surface area contributed by atoms with Crippen LogP contribution >= 0.6 is 0 Å². The monoisotopic (exact) mass is 272 g/mol. The number of sulfonamides is 1. The molecule has 0 radical (unpaired) electrons. The van der Waals surface area contributed by atoms with E-state index in [1.54, 1.807) is 11.7 Å². The number of rotatable bonds is 4. The third-order valence-corrected chi connectivity index (χ3v) is 3.59. The Morgan fingerprint density at radius 1 is 1.44 bits per heavy atom. The molecule has 1 aromatic heterocycles. The van der Waals surface area contributed by atoms with Gasteiger partial charge in [0.05, 0.1) is 6.61 Å². The zero-order valence-corrected chi connectivity index (χ0v) is 10.6. The Balaban J connectivity index is 2.67. The molecule has 0 aliphatic carbocycles. The van der Waals surface area contributed by atoms with E-state index in [4.69, 9.17) is 9.88 Å². The van der Waals surface area contributed by atoms with Gasteiger partial charge in [-0.15, -0.1) is 0 Å². The highest BCUT2D eigenvalue weighted by Crippen LogP contribution is 2.25. The molecule has 0 saturated carbocycles. The van der Waals surface area contributed by atoms with E-state index in [0.717, 1.165) is 0 Å². The molecule has 0 fully saturated rings.